The first-order valence-electron chi connectivity index (χ1n) is 10.7. The SMILES string of the molecule is CC(C)CN1C(=O)c2ccc(S(=O)(=O)c3ccc4c(c3)C(=O)N(CC(C)C)C4=O)cc2C1=O. The molecule has 0 atom stereocenters. The number of hydrogen-bond acceptors (Lipinski definition) is 6. The Morgan fingerprint density at radius 3 is 1.27 bits per heavy atom. The highest BCUT2D eigenvalue weighted by Gasteiger charge is 2.39. The van der Waals surface area contributed by atoms with Gasteiger partial charge in [-0.15, -0.1) is 0 Å². The average Bonchev–Trinajstić information content (AvgIpc) is 3.13. The lowest BCUT2D eigenvalue weighted by atomic mass is 10.1. The second kappa shape index (κ2) is 7.91. The van der Waals surface area contributed by atoms with E-state index < -0.39 is 33.5 Å². The lowest BCUT2D eigenvalue weighted by Gasteiger charge is -2.15. The maximum absolute atomic E-state index is 13.3. The first-order chi connectivity index (χ1) is 15.4. The largest absolute Gasteiger partial charge is 0.274 e. The third-order valence-electron chi connectivity index (χ3n) is 5.60. The molecule has 2 aliphatic rings. The van der Waals surface area contributed by atoms with Crippen LogP contribution < -0.4 is 0 Å². The third-order valence-corrected chi connectivity index (χ3v) is 7.35. The first-order valence-corrected chi connectivity index (χ1v) is 12.2. The highest BCUT2D eigenvalue weighted by atomic mass is 32.2. The summed E-state index contributed by atoms with van der Waals surface area (Å²) in [5.74, 6) is -1.81. The van der Waals surface area contributed by atoms with Crippen molar-refractivity contribution in [3.8, 4) is 0 Å². The van der Waals surface area contributed by atoms with Crippen LogP contribution in [0.3, 0.4) is 0 Å². The lowest BCUT2D eigenvalue weighted by molar-refractivity contribution is 0.0621. The summed E-state index contributed by atoms with van der Waals surface area (Å²) in [6.45, 7) is 7.98. The number of fused-ring (bicyclic) bond motifs is 2. The molecule has 172 valence electrons. The fourth-order valence-corrected chi connectivity index (χ4v) is 5.38. The molecule has 33 heavy (non-hydrogen) atoms. The summed E-state index contributed by atoms with van der Waals surface area (Å²) in [6.07, 6.45) is 0. The van der Waals surface area contributed by atoms with Crippen LogP contribution in [0.1, 0.15) is 69.1 Å². The fourth-order valence-electron chi connectivity index (χ4n) is 4.07. The Morgan fingerprint density at radius 1 is 0.606 bits per heavy atom. The van der Waals surface area contributed by atoms with Crippen LogP contribution in [-0.2, 0) is 9.84 Å². The number of amides is 4. The van der Waals surface area contributed by atoms with Crippen molar-refractivity contribution >= 4 is 33.5 Å². The van der Waals surface area contributed by atoms with Crippen molar-refractivity contribution in [1.29, 1.82) is 0 Å². The maximum atomic E-state index is 13.3. The summed E-state index contributed by atoms with van der Waals surface area (Å²) in [4.78, 5) is 52.5. The highest BCUT2D eigenvalue weighted by molar-refractivity contribution is 7.91. The van der Waals surface area contributed by atoms with E-state index in [4.69, 9.17) is 0 Å². The van der Waals surface area contributed by atoms with Gasteiger partial charge < -0.3 is 0 Å². The predicted molar refractivity (Wildman–Crippen MR) is 119 cm³/mol. The second-order valence-electron chi connectivity index (χ2n) is 9.15. The standard InChI is InChI=1S/C24H24N2O6S/c1-13(2)11-25-21(27)17-7-5-15(9-19(17)23(25)29)33(31,32)16-6-8-18-20(10-16)24(30)26(22(18)28)12-14(3)4/h5-10,13-14H,11-12H2,1-4H3. The number of sulfone groups is 1. The fraction of sp³-hybridized carbons (Fsp3) is 0.333. The molecule has 2 aromatic carbocycles. The number of imide groups is 2. The smallest absolute Gasteiger partial charge is 0.261 e. The molecular formula is C24H24N2O6S. The van der Waals surface area contributed by atoms with Gasteiger partial charge in [-0.1, -0.05) is 27.7 Å². The molecule has 0 N–H and O–H groups in total. The van der Waals surface area contributed by atoms with Crippen molar-refractivity contribution in [2.75, 3.05) is 13.1 Å². The minimum absolute atomic E-state index is 0.0391. The molecule has 0 aromatic heterocycles. The summed E-state index contributed by atoms with van der Waals surface area (Å²) in [5, 5.41) is 0. The van der Waals surface area contributed by atoms with Crippen LogP contribution in [-0.4, -0.2) is 54.9 Å². The molecule has 4 rings (SSSR count). The molecule has 9 heteroatoms. The van der Waals surface area contributed by atoms with Crippen LogP contribution in [0.2, 0.25) is 0 Å². The molecule has 0 saturated heterocycles. The Hall–Kier alpha value is -3.33. The van der Waals surface area contributed by atoms with Crippen molar-refractivity contribution in [2.45, 2.75) is 37.5 Å². The van der Waals surface area contributed by atoms with Gasteiger partial charge in [-0.05, 0) is 48.2 Å². The maximum Gasteiger partial charge on any atom is 0.261 e. The summed E-state index contributed by atoms with van der Waals surface area (Å²) in [6, 6.07) is 7.66. The normalized spacial score (nSPS) is 15.8. The monoisotopic (exact) mass is 468 g/mol. The average molecular weight is 469 g/mol. The number of hydrogen-bond donors (Lipinski definition) is 0. The van der Waals surface area contributed by atoms with E-state index in [1.165, 1.54) is 36.4 Å². The van der Waals surface area contributed by atoms with Gasteiger partial charge in [0.2, 0.25) is 9.84 Å². The molecular weight excluding hydrogens is 444 g/mol. The Kier molecular flexibility index (Phi) is 5.48. The van der Waals surface area contributed by atoms with E-state index in [-0.39, 0.29) is 57.0 Å². The van der Waals surface area contributed by atoms with E-state index in [9.17, 15) is 27.6 Å². The van der Waals surface area contributed by atoms with E-state index in [1.54, 1.807) is 0 Å². The lowest BCUT2D eigenvalue weighted by Crippen LogP contribution is -2.33. The minimum Gasteiger partial charge on any atom is -0.274 e. The van der Waals surface area contributed by atoms with Crippen LogP contribution in [0.4, 0.5) is 0 Å². The van der Waals surface area contributed by atoms with Gasteiger partial charge in [-0.3, -0.25) is 29.0 Å². The molecule has 0 radical (unpaired) electrons. The first kappa shape index (κ1) is 22.8. The van der Waals surface area contributed by atoms with Gasteiger partial charge in [0, 0.05) is 13.1 Å². The van der Waals surface area contributed by atoms with Gasteiger partial charge in [0.1, 0.15) is 0 Å². The molecule has 2 heterocycles. The summed E-state index contributed by atoms with van der Waals surface area (Å²) >= 11 is 0. The number of rotatable bonds is 6. The summed E-state index contributed by atoms with van der Waals surface area (Å²) < 4.78 is 26.6. The van der Waals surface area contributed by atoms with Crippen LogP contribution in [0.15, 0.2) is 46.2 Å². The zero-order valence-corrected chi connectivity index (χ0v) is 19.6. The van der Waals surface area contributed by atoms with Gasteiger partial charge in [-0.25, -0.2) is 8.42 Å². The summed E-state index contributed by atoms with van der Waals surface area (Å²) in [5.41, 5.74) is 0.409. The zero-order chi connectivity index (χ0) is 24.2. The molecule has 2 aromatic rings. The van der Waals surface area contributed by atoms with E-state index in [0.29, 0.717) is 0 Å². The van der Waals surface area contributed by atoms with Crippen molar-refractivity contribution in [3.05, 3.63) is 58.7 Å². The van der Waals surface area contributed by atoms with Crippen LogP contribution in [0.25, 0.3) is 0 Å². The van der Waals surface area contributed by atoms with E-state index in [2.05, 4.69) is 0 Å². The topological polar surface area (TPSA) is 109 Å². The zero-order valence-electron chi connectivity index (χ0n) is 18.8. The molecule has 0 bridgehead atoms. The van der Waals surface area contributed by atoms with Crippen molar-refractivity contribution in [2.24, 2.45) is 11.8 Å². The number of benzene rings is 2. The van der Waals surface area contributed by atoms with Gasteiger partial charge in [-0.2, -0.15) is 0 Å². The molecule has 0 aliphatic carbocycles. The quantitative estimate of drug-likeness (QED) is 0.603. The number of nitrogens with zero attached hydrogens (tertiary/aromatic N) is 2. The van der Waals surface area contributed by atoms with E-state index in [0.717, 1.165) is 9.80 Å². The van der Waals surface area contributed by atoms with Crippen molar-refractivity contribution < 1.29 is 27.6 Å². The van der Waals surface area contributed by atoms with E-state index >= 15 is 0 Å². The molecule has 0 saturated carbocycles. The molecule has 8 nitrogen and oxygen atoms in total. The molecule has 4 amide bonds. The number of carbonyl (C=O) groups is 4. The minimum atomic E-state index is -4.11. The van der Waals surface area contributed by atoms with Crippen molar-refractivity contribution in [3.63, 3.8) is 0 Å². The molecule has 2 aliphatic heterocycles. The van der Waals surface area contributed by atoms with Crippen LogP contribution in [0.5, 0.6) is 0 Å². The molecule has 0 spiro atoms. The Morgan fingerprint density at radius 2 is 0.939 bits per heavy atom. The Balaban J connectivity index is 1.71. The Labute approximate surface area is 192 Å². The number of carbonyl (C=O) groups excluding carboxylic acids is 4. The molecule has 0 fully saturated rings. The highest BCUT2D eigenvalue weighted by Crippen LogP contribution is 2.32. The van der Waals surface area contributed by atoms with Gasteiger partial charge in [0.15, 0.2) is 0 Å². The van der Waals surface area contributed by atoms with Crippen LogP contribution >= 0.6 is 0 Å². The Bertz CT molecular complexity index is 1230. The van der Waals surface area contributed by atoms with E-state index in [1.807, 2.05) is 27.7 Å². The predicted octanol–water partition coefficient (Wildman–Crippen LogP) is 3.02. The van der Waals surface area contributed by atoms with Crippen molar-refractivity contribution in [1.82, 2.24) is 9.80 Å². The van der Waals surface area contributed by atoms with Gasteiger partial charge in [0.05, 0.1) is 32.0 Å². The van der Waals surface area contributed by atoms with Gasteiger partial charge >= 0.3 is 0 Å². The van der Waals surface area contributed by atoms with Gasteiger partial charge in [0.25, 0.3) is 23.6 Å². The third kappa shape index (κ3) is 3.66. The summed E-state index contributed by atoms with van der Waals surface area (Å²) in [7, 11) is -4.11. The van der Waals surface area contributed by atoms with Crippen LogP contribution in [0, 0.1) is 11.8 Å². The second-order valence-corrected chi connectivity index (χ2v) is 11.1. The molecule has 0 unspecified atom stereocenters.